The molecule has 21 heavy (non-hydrogen) atoms. The van der Waals surface area contributed by atoms with Crippen LogP contribution in [-0.4, -0.2) is 33.9 Å². The highest BCUT2D eigenvalue weighted by atomic mass is 16.2. The van der Waals surface area contributed by atoms with Crippen molar-refractivity contribution in [3.8, 4) is 6.07 Å². The van der Waals surface area contributed by atoms with Gasteiger partial charge in [-0.05, 0) is 24.8 Å². The van der Waals surface area contributed by atoms with Gasteiger partial charge in [0.15, 0.2) is 0 Å². The van der Waals surface area contributed by atoms with Gasteiger partial charge in [-0.1, -0.05) is 0 Å². The van der Waals surface area contributed by atoms with Crippen LogP contribution in [-0.2, 0) is 0 Å². The smallest absolute Gasteiger partial charge is 0.271 e. The van der Waals surface area contributed by atoms with Gasteiger partial charge in [-0.15, -0.1) is 0 Å². The molecule has 1 aliphatic heterocycles. The average Bonchev–Trinajstić information content (AvgIpc) is 3.21. The number of nitrogens with zero attached hydrogens (tertiary/aromatic N) is 3. The van der Waals surface area contributed by atoms with Crippen LogP contribution in [0.1, 0.15) is 28.9 Å². The maximum Gasteiger partial charge on any atom is 0.271 e. The molecule has 2 aromatic rings. The Bertz CT molecular complexity index is 759. The van der Waals surface area contributed by atoms with E-state index >= 15 is 0 Å². The Balaban J connectivity index is 1.55. The van der Waals surface area contributed by atoms with E-state index in [0.29, 0.717) is 23.2 Å². The Morgan fingerprint density at radius 2 is 2.43 bits per heavy atom. The molecule has 2 N–H and O–H groups in total. The summed E-state index contributed by atoms with van der Waals surface area (Å²) in [5.74, 6) is 0.404. The first-order valence-electron chi connectivity index (χ1n) is 7.15. The fraction of sp³-hybridized carbons (Fsp3) is 0.400. The lowest BCUT2D eigenvalue weighted by Gasteiger charge is -2.23. The number of nitriles is 1. The third kappa shape index (κ3) is 1.98. The summed E-state index contributed by atoms with van der Waals surface area (Å²) in [5, 5.41) is 15.5. The van der Waals surface area contributed by atoms with Crippen molar-refractivity contribution in [2.24, 2.45) is 5.92 Å². The summed E-state index contributed by atoms with van der Waals surface area (Å²) in [5.41, 5.74) is 1.67. The molecule has 2 fully saturated rings. The molecule has 6 nitrogen and oxygen atoms in total. The molecule has 3 atom stereocenters. The monoisotopic (exact) mass is 281 g/mol. The van der Waals surface area contributed by atoms with E-state index in [4.69, 9.17) is 5.26 Å². The summed E-state index contributed by atoms with van der Waals surface area (Å²) in [6.45, 7) is 0.991. The van der Waals surface area contributed by atoms with Gasteiger partial charge >= 0.3 is 0 Å². The van der Waals surface area contributed by atoms with E-state index in [1.165, 1.54) is 0 Å². The maximum atomic E-state index is 12.3. The molecule has 3 heterocycles. The Labute approximate surface area is 121 Å². The Hall–Kier alpha value is -2.39. The van der Waals surface area contributed by atoms with E-state index in [1.54, 1.807) is 29.1 Å². The standard InChI is InChI=1S/C15H15N5O/c16-5-9-1-2-20-8-13(18-7-14(9)20)15(21)19-12-4-11-3-10(12)6-17-11/h1-2,7-8,10-12,17H,3-4,6H2,(H,19,21). The van der Waals surface area contributed by atoms with Gasteiger partial charge < -0.3 is 15.0 Å². The maximum absolute atomic E-state index is 12.3. The van der Waals surface area contributed by atoms with Crippen molar-refractivity contribution >= 4 is 11.4 Å². The predicted octanol–water partition coefficient (Wildman–Crippen LogP) is 0.686. The molecule has 4 rings (SSSR count). The summed E-state index contributed by atoms with van der Waals surface area (Å²) >= 11 is 0. The Morgan fingerprint density at radius 3 is 3.14 bits per heavy atom. The van der Waals surface area contributed by atoms with Gasteiger partial charge in [0.2, 0.25) is 0 Å². The minimum absolute atomic E-state index is 0.137. The first-order valence-corrected chi connectivity index (χ1v) is 7.15. The summed E-state index contributed by atoms with van der Waals surface area (Å²) in [4.78, 5) is 16.5. The summed E-state index contributed by atoms with van der Waals surface area (Å²) in [7, 11) is 0. The minimum Gasteiger partial charge on any atom is -0.348 e. The summed E-state index contributed by atoms with van der Waals surface area (Å²) in [6, 6.07) is 4.63. The number of hydrogen-bond acceptors (Lipinski definition) is 4. The fourth-order valence-corrected chi connectivity index (χ4v) is 3.47. The van der Waals surface area contributed by atoms with Gasteiger partial charge in [0.1, 0.15) is 11.8 Å². The quantitative estimate of drug-likeness (QED) is 0.848. The van der Waals surface area contributed by atoms with E-state index in [9.17, 15) is 4.79 Å². The van der Waals surface area contributed by atoms with Crippen LogP contribution >= 0.6 is 0 Å². The van der Waals surface area contributed by atoms with Crippen molar-refractivity contribution in [3.63, 3.8) is 0 Å². The van der Waals surface area contributed by atoms with E-state index in [2.05, 4.69) is 21.7 Å². The van der Waals surface area contributed by atoms with Gasteiger partial charge in [-0.2, -0.15) is 5.26 Å². The third-order valence-corrected chi connectivity index (χ3v) is 4.58. The molecule has 1 saturated heterocycles. The van der Waals surface area contributed by atoms with Gasteiger partial charge in [0.25, 0.3) is 5.91 Å². The molecule has 0 spiro atoms. The molecule has 1 aliphatic carbocycles. The van der Waals surface area contributed by atoms with Crippen molar-refractivity contribution in [3.05, 3.63) is 35.9 Å². The second-order valence-electron chi connectivity index (χ2n) is 5.82. The van der Waals surface area contributed by atoms with E-state index in [0.717, 1.165) is 24.9 Å². The van der Waals surface area contributed by atoms with Crippen LogP contribution in [0.15, 0.2) is 24.7 Å². The highest BCUT2D eigenvalue weighted by Gasteiger charge is 2.40. The molecule has 1 saturated carbocycles. The fourth-order valence-electron chi connectivity index (χ4n) is 3.47. The zero-order valence-electron chi connectivity index (χ0n) is 11.4. The largest absolute Gasteiger partial charge is 0.348 e. The lowest BCUT2D eigenvalue weighted by Crippen LogP contribution is -2.44. The highest BCUT2D eigenvalue weighted by Crippen LogP contribution is 2.31. The van der Waals surface area contributed by atoms with Crippen molar-refractivity contribution in [1.82, 2.24) is 20.0 Å². The molecule has 2 bridgehead atoms. The van der Waals surface area contributed by atoms with Crippen molar-refractivity contribution in [2.45, 2.75) is 24.9 Å². The van der Waals surface area contributed by atoms with E-state index < -0.39 is 0 Å². The summed E-state index contributed by atoms with van der Waals surface area (Å²) < 4.78 is 1.77. The zero-order valence-corrected chi connectivity index (χ0v) is 11.4. The Kier molecular flexibility index (Phi) is 2.69. The lowest BCUT2D eigenvalue weighted by atomic mass is 10.0. The van der Waals surface area contributed by atoms with E-state index in [1.807, 2.05) is 0 Å². The summed E-state index contributed by atoms with van der Waals surface area (Å²) in [6.07, 6.45) is 7.18. The van der Waals surface area contributed by atoms with Gasteiger partial charge in [0.05, 0.1) is 17.3 Å². The molecule has 106 valence electrons. The molecule has 6 heteroatoms. The SMILES string of the molecule is N#Cc1ccn2cc(C(=O)NC3CC4CC3CN4)ncc12. The van der Waals surface area contributed by atoms with Crippen LogP contribution in [0.2, 0.25) is 0 Å². The number of piperidine rings is 1. The molecule has 0 aromatic carbocycles. The number of rotatable bonds is 2. The van der Waals surface area contributed by atoms with Crippen LogP contribution in [0.5, 0.6) is 0 Å². The lowest BCUT2D eigenvalue weighted by molar-refractivity contribution is 0.0919. The number of carbonyl (C=O) groups is 1. The van der Waals surface area contributed by atoms with Crippen molar-refractivity contribution in [2.75, 3.05) is 6.54 Å². The van der Waals surface area contributed by atoms with Crippen molar-refractivity contribution < 1.29 is 4.79 Å². The van der Waals surface area contributed by atoms with Crippen LogP contribution in [0.25, 0.3) is 5.52 Å². The number of fused-ring (bicyclic) bond motifs is 3. The topological polar surface area (TPSA) is 82.2 Å². The van der Waals surface area contributed by atoms with Crippen LogP contribution in [0, 0.1) is 17.2 Å². The third-order valence-electron chi connectivity index (χ3n) is 4.58. The Morgan fingerprint density at radius 1 is 1.52 bits per heavy atom. The number of amides is 1. The average molecular weight is 281 g/mol. The van der Waals surface area contributed by atoms with Crippen molar-refractivity contribution in [1.29, 1.82) is 5.26 Å². The number of hydrogen-bond donors (Lipinski definition) is 2. The second kappa shape index (κ2) is 4.57. The molecule has 2 aliphatic rings. The van der Waals surface area contributed by atoms with E-state index in [-0.39, 0.29) is 11.9 Å². The molecular formula is C15H15N5O. The highest BCUT2D eigenvalue weighted by molar-refractivity contribution is 5.92. The number of nitrogens with one attached hydrogen (secondary N) is 2. The molecule has 2 aromatic heterocycles. The molecule has 1 amide bonds. The number of carbonyl (C=O) groups excluding carboxylic acids is 1. The van der Waals surface area contributed by atoms with Gasteiger partial charge in [-0.25, -0.2) is 4.98 Å². The van der Waals surface area contributed by atoms with Gasteiger partial charge in [0, 0.05) is 31.0 Å². The van der Waals surface area contributed by atoms with Crippen LogP contribution in [0.3, 0.4) is 0 Å². The number of aromatic nitrogens is 2. The first-order chi connectivity index (χ1) is 10.2. The normalized spacial score (nSPS) is 26.9. The first kappa shape index (κ1) is 12.4. The second-order valence-corrected chi connectivity index (χ2v) is 5.82. The predicted molar refractivity (Wildman–Crippen MR) is 75.7 cm³/mol. The van der Waals surface area contributed by atoms with Crippen LogP contribution < -0.4 is 10.6 Å². The molecular weight excluding hydrogens is 266 g/mol. The molecule has 0 radical (unpaired) electrons. The van der Waals surface area contributed by atoms with Crippen LogP contribution in [0.4, 0.5) is 0 Å². The minimum atomic E-state index is -0.137. The molecule has 3 unspecified atom stereocenters. The zero-order chi connectivity index (χ0) is 14.4. The van der Waals surface area contributed by atoms with Gasteiger partial charge in [-0.3, -0.25) is 4.79 Å².